The molecule has 0 radical (unpaired) electrons. The summed E-state index contributed by atoms with van der Waals surface area (Å²) in [5, 5.41) is 3.45. The van der Waals surface area contributed by atoms with E-state index in [0.717, 1.165) is 68.8 Å². The molecule has 0 bridgehead atoms. The average Bonchev–Trinajstić information content (AvgIpc) is 3.16. The number of fused-ring (bicyclic) bond motifs is 1. The van der Waals surface area contributed by atoms with Crippen LogP contribution in [0.1, 0.15) is 43.0 Å². The lowest BCUT2D eigenvalue weighted by Crippen LogP contribution is -2.33. The number of nitrogens with two attached hydrogens (primary N) is 2. The van der Waals surface area contributed by atoms with E-state index in [4.69, 9.17) is 11.5 Å². The number of nitrogens with one attached hydrogen (secondary N) is 1. The Bertz CT molecular complexity index is 943. The van der Waals surface area contributed by atoms with Crippen molar-refractivity contribution in [3.63, 3.8) is 0 Å². The lowest BCUT2D eigenvalue weighted by molar-refractivity contribution is -0.136. The van der Waals surface area contributed by atoms with E-state index in [1.165, 1.54) is 12.1 Å². The zero-order chi connectivity index (χ0) is 21.5. The van der Waals surface area contributed by atoms with Crippen molar-refractivity contribution in [2.24, 2.45) is 0 Å². The highest BCUT2D eigenvalue weighted by Gasteiger charge is 2.38. The number of hydrogen-bond donors (Lipinski definition) is 3. The summed E-state index contributed by atoms with van der Waals surface area (Å²) in [4.78, 5) is 11.4. The number of halogens is 3. The minimum Gasteiger partial charge on any atom is -0.398 e. The van der Waals surface area contributed by atoms with Crippen LogP contribution in [0.5, 0.6) is 0 Å². The first-order valence-electron chi connectivity index (χ1n) is 10.4. The highest BCUT2D eigenvalue weighted by molar-refractivity contribution is 5.81. The number of alkyl halides is 3. The van der Waals surface area contributed by atoms with Crippen LogP contribution in [0.3, 0.4) is 0 Å². The molecule has 1 saturated heterocycles. The Morgan fingerprint density at radius 3 is 2.60 bits per heavy atom. The van der Waals surface area contributed by atoms with Crippen molar-refractivity contribution in [1.29, 1.82) is 0 Å². The van der Waals surface area contributed by atoms with Crippen LogP contribution in [0.15, 0.2) is 12.1 Å². The fraction of sp³-hybridized carbons (Fsp3) is 0.524. The van der Waals surface area contributed by atoms with Gasteiger partial charge >= 0.3 is 6.18 Å². The van der Waals surface area contributed by atoms with Gasteiger partial charge in [-0.15, -0.1) is 0 Å². The van der Waals surface area contributed by atoms with E-state index in [1.54, 1.807) is 0 Å². The summed E-state index contributed by atoms with van der Waals surface area (Å²) in [5.74, 6) is 0.750. The number of benzene rings is 1. The number of rotatable bonds is 4. The molecule has 30 heavy (non-hydrogen) atoms. The Labute approximate surface area is 173 Å². The van der Waals surface area contributed by atoms with E-state index in [0.29, 0.717) is 6.04 Å². The number of aromatic nitrogens is 2. The van der Waals surface area contributed by atoms with Crippen molar-refractivity contribution < 1.29 is 13.2 Å². The summed E-state index contributed by atoms with van der Waals surface area (Å²) < 4.78 is 41.5. The van der Waals surface area contributed by atoms with E-state index in [9.17, 15) is 13.2 Å². The predicted octanol–water partition coefficient (Wildman–Crippen LogP) is 3.39. The van der Waals surface area contributed by atoms with Gasteiger partial charge in [-0.2, -0.15) is 13.2 Å². The van der Waals surface area contributed by atoms with Crippen molar-refractivity contribution >= 4 is 17.2 Å². The van der Waals surface area contributed by atoms with Gasteiger partial charge in [0, 0.05) is 41.8 Å². The minimum atomic E-state index is -4.65. The van der Waals surface area contributed by atoms with Gasteiger partial charge in [0.25, 0.3) is 0 Å². The standard InChI is InChI=1S/C21H27F3N6/c1-2-27-12-9-10-30(11-12)20-13-5-3-4-6-16(13)28-19(29-20)17-14(25)7-8-15(26)18(17)21(22,23)24/h7-8,12,27H,2-6,9-11,25-26H2,1H3. The molecule has 1 aliphatic heterocycles. The second kappa shape index (κ2) is 7.94. The van der Waals surface area contributed by atoms with Crippen LogP contribution in [0.2, 0.25) is 0 Å². The lowest BCUT2D eigenvalue weighted by atomic mass is 9.95. The zero-order valence-corrected chi connectivity index (χ0v) is 17.0. The molecule has 5 N–H and O–H groups in total. The lowest BCUT2D eigenvalue weighted by Gasteiger charge is -2.26. The number of anilines is 3. The van der Waals surface area contributed by atoms with Crippen LogP contribution in [0.25, 0.3) is 11.4 Å². The normalized spacial score (nSPS) is 19.2. The van der Waals surface area contributed by atoms with Crippen molar-refractivity contribution in [3.05, 3.63) is 29.0 Å². The molecule has 9 heteroatoms. The second-order valence-electron chi connectivity index (χ2n) is 7.98. The maximum Gasteiger partial charge on any atom is 0.419 e. The Morgan fingerprint density at radius 1 is 1.13 bits per heavy atom. The number of hydrogen-bond acceptors (Lipinski definition) is 6. The molecule has 1 aromatic carbocycles. The zero-order valence-electron chi connectivity index (χ0n) is 17.0. The van der Waals surface area contributed by atoms with E-state index in [1.807, 2.05) is 0 Å². The average molecular weight is 420 g/mol. The molecule has 2 aromatic rings. The third kappa shape index (κ3) is 3.78. The molecule has 0 saturated carbocycles. The van der Waals surface area contributed by atoms with Gasteiger partial charge < -0.3 is 21.7 Å². The van der Waals surface area contributed by atoms with E-state index in [2.05, 4.69) is 27.1 Å². The highest BCUT2D eigenvalue weighted by atomic mass is 19.4. The smallest absolute Gasteiger partial charge is 0.398 e. The van der Waals surface area contributed by atoms with Gasteiger partial charge in [-0.3, -0.25) is 0 Å². The second-order valence-corrected chi connectivity index (χ2v) is 7.98. The van der Waals surface area contributed by atoms with E-state index < -0.39 is 11.7 Å². The molecule has 4 rings (SSSR count). The van der Waals surface area contributed by atoms with Crippen LogP contribution in [-0.4, -0.2) is 35.6 Å². The first-order chi connectivity index (χ1) is 14.3. The number of nitrogens with zero attached hydrogens (tertiary/aromatic N) is 3. The molecule has 1 atom stereocenters. The SMILES string of the molecule is CCNC1CCN(c2nc(-c3c(N)ccc(N)c3C(F)(F)F)nc3c2CCCC3)C1. The number of aryl methyl sites for hydroxylation is 1. The first kappa shape index (κ1) is 20.7. The molecular formula is C21H27F3N6. The van der Waals surface area contributed by atoms with Gasteiger partial charge in [0.1, 0.15) is 5.82 Å². The number of nitrogen functional groups attached to an aromatic ring is 2. The van der Waals surface area contributed by atoms with Crippen LogP contribution >= 0.6 is 0 Å². The molecule has 1 unspecified atom stereocenters. The maximum atomic E-state index is 13.8. The van der Waals surface area contributed by atoms with E-state index >= 15 is 0 Å². The Morgan fingerprint density at radius 2 is 1.87 bits per heavy atom. The molecule has 162 valence electrons. The molecule has 6 nitrogen and oxygen atoms in total. The molecule has 1 fully saturated rings. The van der Waals surface area contributed by atoms with Crippen molar-refractivity contribution in [2.45, 2.75) is 51.2 Å². The maximum absolute atomic E-state index is 13.8. The molecule has 2 aliphatic rings. The fourth-order valence-corrected chi connectivity index (χ4v) is 4.54. The fourth-order valence-electron chi connectivity index (χ4n) is 4.54. The third-order valence-corrected chi connectivity index (χ3v) is 5.92. The summed E-state index contributed by atoms with van der Waals surface area (Å²) in [6.07, 6.45) is -0.130. The first-order valence-corrected chi connectivity index (χ1v) is 10.4. The molecule has 1 aliphatic carbocycles. The molecular weight excluding hydrogens is 393 g/mol. The monoisotopic (exact) mass is 420 g/mol. The largest absolute Gasteiger partial charge is 0.419 e. The van der Waals surface area contributed by atoms with Crippen LogP contribution in [0.4, 0.5) is 30.4 Å². The van der Waals surface area contributed by atoms with Gasteiger partial charge in [0.2, 0.25) is 0 Å². The molecule has 1 aromatic heterocycles. The Balaban J connectivity index is 1.87. The van der Waals surface area contributed by atoms with Crippen molar-refractivity contribution in [2.75, 3.05) is 36.0 Å². The summed E-state index contributed by atoms with van der Waals surface area (Å²) in [6, 6.07) is 2.91. The van der Waals surface area contributed by atoms with Crippen molar-refractivity contribution in [1.82, 2.24) is 15.3 Å². The predicted molar refractivity (Wildman–Crippen MR) is 112 cm³/mol. The highest BCUT2D eigenvalue weighted by Crippen LogP contribution is 2.43. The summed E-state index contributed by atoms with van der Waals surface area (Å²) in [5.41, 5.74) is 12.0. The van der Waals surface area contributed by atoms with E-state index in [-0.39, 0.29) is 22.8 Å². The van der Waals surface area contributed by atoms with Gasteiger partial charge in [-0.05, 0) is 50.8 Å². The Kier molecular flexibility index (Phi) is 5.48. The van der Waals surface area contributed by atoms with Crippen LogP contribution < -0.4 is 21.7 Å². The topological polar surface area (TPSA) is 93.1 Å². The van der Waals surface area contributed by atoms with Crippen LogP contribution in [0, 0.1) is 0 Å². The number of likely N-dealkylation sites (N-methyl/N-ethyl adjacent to an activating group) is 1. The quantitative estimate of drug-likeness (QED) is 0.657. The molecule has 0 amide bonds. The summed E-state index contributed by atoms with van der Waals surface area (Å²) >= 11 is 0. The van der Waals surface area contributed by atoms with Gasteiger partial charge in [0.05, 0.1) is 11.1 Å². The van der Waals surface area contributed by atoms with Crippen LogP contribution in [-0.2, 0) is 19.0 Å². The Hall–Kier alpha value is -2.55. The van der Waals surface area contributed by atoms with Gasteiger partial charge in [0.15, 0.2) is 5.82 Å². The molecule has 2 heterocycles. The van der Waals surface area contributed by atoms with Gasteiger partial charge in [-0.25, -0.2) is 9.97 Å². The third-order valence-electron chi connectivity index (χ3n) is 5.92. The molecule has 0 spiro atoms. The minimum absolute atomic E-state index is 0.00896. The summed E-state index contributed by atoms with van der Waals surface area (Å²) in [6.45, 7) is 4.52. The summed E-state index contributed by atoms with van der Waals surface area (Å²) in [7, 11) is 0. The van der Waals surface area contributed by atoms with Gasteiger partial charge in [-0.1, -0.05) is 6.92 Å². The van der Waals surface area contributed by atoms with Crippen molar-refractivity contribution in [3.8, 4) is 11.4 Å².